The number of rotatable bonds is 7. The van der Waals surface area contributed by atoms with Crippen LogP contribution in [0, 0.1) is 0 Å². The molecule has 0 aliphatic heterocycles. The molecular formula is C9H14O6. The summed E-state index contributed by atoms with van der Waals surface area (Å²) in [5, 5.41) is 0. The summed E-state index contributed by atoms with van der Waals surface area (Å²) in [6, 6.07) is 0. The van der Waals surface area contributed by atoms with Crippen LogP contribution in [0.2, 0.25) is 0 Å². The Bertz CT molecular complexity index is 213. The van der Waals surface area contributed by atoms with E-state index < -0.39 is 12.1 Å². The van der Waals surface area contributed by atoms with Crippen LogP contribution in [0.3, 0.4) is 0 Å². The predicted molar refractivity (Wildman–Crippen MR) is 50.3 cm³/mol. The maximum atomic E-state index is 10.5. The molecule has 0 aliphatic rings. The lowest BCUT2D eigenvalue weighted by molar-refractivity contribution is -0.139. The van der Waals surface area contributed by atoms with Crippen LogP contribution in [0.25, 0.3) is 0 Å². The van der Waals surface area contributed by atoms with Gasteiger partial charge >= 0.3 is 12.1 Å². The first-order valence-electron chi connectivity index (χ1n) is 4.28. The van der Waals surface area contributed by atoms with Gasteiger partial charge in [0.2, 0.25) is 0 Å². The fraction of sp³-hybridized carbons (Fsp3) is 0.556. The Balaban J connectivity index is 3.15. The van der Waals surface area contributed by atoms with Crippen molar-refractivity contribution in [3.63, 3.8) is 0 Å². The highest BCUT2D eigenvalue weighted by molar-refractivity contribution is 5.81. The van der Waals surface area contributed by atoms with E-state index in [2.05, 4.69) is 20.8 Å². The van der Waals surface area contributed by atoms with Gasteiger partial charge in [-0.3, -0.25) is 0 Å². The summed E-state index contributed by atoms with van der Waals surface area (Å²) in [7, 11) is 1.22. The molecular weight excluding hydrogens is 204 g/mol. The Morgan fingerprint density at radius 1 is 1.13 bits per heavy atom. The zero-order chi connectivity index (χ0) is 11.5. The average Bonchev–Trinajstić information content (AvgIpc) is 2.26. The first-order valence-corrected chi connectivity index (χ1v) is 4.28. The van der Waals surface area contributed by atoms with Crippen molar-refractivity contribution in [2.75, 3.05) is 33.5 Å². The maximum Gasteiger partial charge on any atom is 0.508 e. The van der Waals surface area contributed by atoms with Gasteiger partial charge in [-0.05, 0) is 0 Å². The summed E-state index contributed by atoms with van der Waals surface area (Å²) in [6.45, 7) is 3.94. The molecule has 0 fully saturated rings. The molecule has 0 N–H and O–H groups in total. The third-order valence-corrected chi connectivity index (χ3v) is 1.25. The van der Waals surface area contributed by atoms with Gasteiger partial charge in [0.05, 0.1) is 20.3 Å². The van der Waals surface area contributed by atoms with Gasteiger partial charge in [-0.15, -0.1) is 0 Å². The van der Waals surface area contributed by atoms with E-state index in [1.165, 1.54) is 7.11 Å². The Hall–Kier alpha value is -1.56. The highest BCUT2D eigenvalue weighted by atomic mass is 16.7. The van der Waals surface area contributed by atoms with Gasteiger partial charge in [0.15, 0.2) is 0 Å². The predicted octanol–water partition coefficient (Wildman–Crippen LogP) is 0.515. The van der Waals surface area contributed by atoms with Gasteiger partial charge in [-0.1, -0.05) is 6.58 Å². The molecule has 0 aromatic rings. The Labute approximate surface area is 87.7 Å². The van der Waals surface area contributed by atoms with E-state index in [4.69, 9.17) is 4.74 Å². The Morgan fingerprint density at radius 3 is 2.27 bits per heavy atom. The van der Waals surface area contributed by atoms with Crippen LogP contribution >= 0.6 is 0 Å². The van der Waals surface area contributed by atoms with Gasteiger partial charge in [-0.2, -0.15) is 0 Å². The van der Waals surface area contributed by atoms with E-state index in [0.717, 1.165) is 6.08 Å². The first kappa shape index (κ1) is 13.4. The van der Waals surface area contributed by atoms with Crippen molar-refractivity contribution in [2.24, 2.45) is 0 Å². The van der Waals surface area contributed by atoms with Crippen LogP contribution in [0.4, 0.5) is 4.79 Å². The molecule has 0 atom stereocenters. The van der Waals surface area contributed by atoms with E-state index in [9.17, 15) is 9.59 Å². The zero-order valence-corrected chi connectivity index (χ0v) is 8.56. The van der Waals surface area contributed by atoms with E-state index in [-0.39, 0.29) is 26.4 Å². The zero-order valence-electron chi connectivity index (χ0n) is 8.56. The lowest BCUT2D eigenvalue weighted by atomic mass is 10.6. The number of carbonyl (C=O) groups excluding carboxylic acids is 2. The third-order valence-electron chi connectivity index (χ3n) is 1.25. The van der Waals surface area contributed by atoms with Crippen LogP contribution in [0.1, 0.15) is 0 Å². The van der Waals surface area contributed by atoms with Gasteiger partial charge in [0, 0.05) is 6.08 Å². The van der Waals surface area contributed by atoms with E-state index in [1.54, 1.807) is 0 Å². The normalized spacial score (nSPS) is 9.13. The maximum absolute atomic E-state index is 10.5. The molecule has 6 nitrogen and oxygen atoms in total. The lowest BCUT2D eigenvalue weighted by Gasteiger charge is -2.04. The molecule has 0 spiro atoms. The SMILES string of the molecule is C=CC(=O)OCCOCCOC(=O)OC. The minimum Gasteiger partial charge on any atom is -0.460 e. The van der Waals surface area contributed by atoms with Crippen molar-refractivity contribution in [3.8, 4) is 0 Å². The summed E-state index contributed by atoms with van der Waals surface area (Å²) in [5.74, 6) is -0.496. The molecule has 0 aromatic heterocycles. The van der Waals surface area contributed by atoms with Crippen molar-refractivity contribution in [3.05, 3.63) is 12.7 Å². The van der Waals surface area contributed by atoms with Crippen molar-refractivity contribution in [2.45, 2.75) is 0 Å². The molecule has 6 heteroatoms. The number of hydrogen-bond acceptors (Lipinski definition) is 6. The fourth-order valence-electron chi connectivity index (χ4n) is 0.605. The monoisotopic (exact) mass is 218 g/mol. The summed E-state index contributed by atoms with van der Waals surface area (Å²) < 4.78 is 18.4. The van der Waals surface area contributed by atoms with Crippen LogP contribution < -0.4 is 0 Å². The highest BCUT2D eigenvalue weighted by Gasteiger charge is 1.99. The summed E-state index contributed by atoms with van der Waals surface area (Å²) >= 11 is 0. The molecule has 0 heterocycles. The quantitative estimate of drug-likeness (QED) is 0.352. The standard InChI is InChI=1S/C9H14O6/c1-3-8(10)14-6-4-13-5-7-15-9(11)12-2/h3H,1,4-7H2,2H3. The van der Waals surface area contributed by atoms with Gasteiger partial charge < -0.3 is 18.9 Å². The molecule has 0 aliphatic carbocycles. The minimum absolute atomic E-state index is 0.0993. The Morgan fingerprint density at radius 2 is 1.73 bits per heavy atom. The smallest absolute Gasteiger partial charge is 0.460 e. The molecule has 0 radical (unpaired) electrons. The van der Waals surface area contributed by atoms with Crippen LogP contribution in [0.15, 0.2) is 12.7 Å². The molecule has 86 valence electrons. The van der Waals surface area contributed by atoms with Gasteiger partial charge in [-0.25, -0.2) is 9.59 Å². The number of hydrogen-bond donors (Lipinski definition) is 0. The Kier molecular flexibility index (Phi) is 8.08. The van der Waals surface area contributed by atoms with Crippen LogP contribution in [0.5, 0.6) is 0 Å². The second-order valence-electron chi connectivity index (χ2n) is 2.29. The molecule has 0 amide bonds. The minimum atomic E-state index is -0.753. The van der Waals surface area contributed by atoms with Crippen molar-refractivity contribution < 1.29 is 28.5 Å². The van der Waals surface area contributed by atoms with Crippen LogP contribution in [-0.4, -0.2) is 45.7 Å². The second-order valence-corrected chi connectivity index (χ2v) is 2.29. The highest BCUT2D eigenvalue weighted by Crippen LogP contribution is 1.84. The summed E-state index contributed by atoms with van der Waals surface area (Å²) in [6.07, 6.45) is 0.317. The molecule has 0 saturated carbocycles. The first-order chi connectivity index (χ1) is 7.20. The second kappa shape index (κ2) is 9.01. The van der Waals surface area contributed by atoms with Gasteiger partial charge in [0.25, 0.3) is 0 Å². The number of esters is 1. The fourth-order valence-corrected chi connectivity index (χ4v) is 0.605. The number of methoxy groups -OCH3 is 1. The molecule has 0 unspecified atom stereocenters. The van der Waals surface area contributed by atoms with Crippen molar-refractivity contribution in [1.82, 2.24) is 0 Å². The average molecular weight is 218 g/mol. The number of carbonyl (C=O) groups is 2. The van der Waals surface area contributed by atoms with E-state index >= 15 is 0 Å². The molecule has 0 rings (SSSR count). The summed E-state index contributed by atoms with van der Waals surface area (Å²) in [5.41, 5.74) is 0. The van der Waals surface area contributed by atoms with Crippen LogP contribution in [-0.2, 0) is 23.7 Å². The van der Waals surface area contributed by atoms with E-state index in [1.807, 2.05) is 0 Å². The number of ether oxygens (including phenoxy) is 4. The van der Waals surface area contributed by atoms with Crippen molar-refractivity contribution >= 4 is 12.1 Å². The molecule has 0 saturated heterocycles. The topological polar surface area (TPSA) is 71.1 Å². The van der Waals surface area contributed by atoms with E-state index in [0.29, 0.717) is 0 Å². The third kappa shape index (κ3) is 8.76. The van der Waals surface area contributed by atoms with Crippen molar-refractivity contribution in [1.29, 1.82) is 0 Å². The lowest BCUT2D eigenvalue weighted by Crippen LogP contribution is -2.13. The molecule has 0 aromatic carbocycles. The molecule has 15 heavy (non-hydrogen) atoms. The summed E-state index contributed by atoms with van der Waals surface area (Å²) in [4.78, 5) is 21.0. The largest absolute Gasteiger partial charge is 0.508 e. The molecule has 0 bridgehead atoms. The van der Waals surface area contributed by atoms with Gasteiger partial charge in [0.1, 0.15) is 13.2 Å².